The van der Waals surface area contributed by atoms with Gasteiger partial charge in [0.05, 0.1) is 18.2 Å². The Morgan fingerprint density at radius 3 is 2.58 bits per heavy atom. The topological polar surface area (TPSA) is 66.8 Å². The fourth-order valence-corrected chi connectivity index (χ4v) is 3.06. The SMILES string of the molecule is COCCN1C(=O)C(O)=C(C(=O)CC(C)C)C1c1ccccc1C. The van der Waals surface area contributed by atoms with Crippen LogP contribution in [-0.4, -0.2) is 42.0 Å². The van der Waals surface area contributed by atoms with E-state index < -0.39 is 17.7 Å². The van der Waals surface area contributed by atoms with Crippen LogP contribution in [0.15, 0.2) is 35.6 Å². The van der Waals surface area contributed by atoms with Crippen molar-refractivity contribution < 1.29 is 19.4 Å². The number of aryl methyl sites for hydroxylation is 1. The molecule has 1 N–H and O–H groups in total. The molecule has 5 nitrogen and oxygen atoms in total. The van der Waals surface area contributed by atoms with Crippen molar-refractivity contribution in [2.24, 2.45) is 5.92 Å². The summed E-state index contributed by atoms with van der Waals surface area (Å²) in [5.41, 5.74) is 2.04. The number of Topliss-reactive ketones (excluding diaryl/α,β-unsaturated/α-hetero) is 1. The first-order chi connectivity index (χ1) is 11.4. The van der Waals surface area contributed by atoms with E-state index in [0.29, 0.717) is 19.6 Å². The third-order valence-corrected chi connectivity index (χ3v) is 4.22. The van der Waals surface area contributed by atoms with Crippen LogP contribution in [0.1, 0.15) is 37.4 Å². The largest absolute Gasteiger partial charge is 0.503 e. The van der Waals surface area contributed by atoms with Crippen molar-refractivity contribution in [3.63, 3.8) is 0 Å². The second-order valence-corrected chi connectivity index (χ2v) is 6.53. The van der Waals surface area contributed by atoms with E-state index in [1.807, 2.05) is 45.0 Å². The third kappa shape index (κ3) is 3.51. The molecule has 1 aromatic carbocycles. The Morgan fingerprint density at radius 1 is 1.33 bits per heavy atom. The number of amides is 1. The normalized spacial score (nSPS) is 18.0. The summed E-state index contributed by atoms with van der Waals surface area (Å²) in [6, 6.07) is 7.07. The Labute approximate surface area is 142 Å². The minimum absolute atomic E-state index is 0.151. The van der Waals surface area contributed by atoms with Crippen molar-refractivity contribution in [2.45, 2.75) is 33.2 Å². The second kappa shape index (κ2) is 7.62. The number of rotatable bonds is 7. The zero-order valence-corrected chi connectivity index (χ0v) is 14.7. The van der Waals surface area contributed by atoms with Crippen LogP contribution in [0.3, 0.4) is 0 Å². The van der Waals surface area contributed by atoms with Crippen LogP contribution in [0.2, 0.25) is 0 Å². The minimum atomic E-state index is -0.555. The molecule has 0 saturated carbocycles. The number of nitrogens with zero attached hydrogens (tertiary/aromatic N) is 1. The molecule has 0 aromatic heterocycles. The van der Waals surface area contributed by atoms with Gasteiger partial charge in [-0.2, -0.15) is 0 Å². The fraction of sp³-hybridized carbons (Fsp3) is 0.474. The van der Waals surface area contributed by atoms with Crippen LogP contribution in [0.5, 0.6) is 0 Å². The lowest BCUT2D eigenvalue weighted by Crippen LogP contribution is -2.34. The molecule has 1 aromatic rings. The molecule has 0 saturated heterocycles. The summed E-state index contributed by atoms with van der Waals surface area (Å²) in [6.07, 6.45) is 0.299. The number of aliphatic hydroxyl groups is 1. The molecule has 0 bridgehead atoms. The van der Waals surface area contributed by atoms with Crippen molar-refractivity contribution in [3.8, 4) is 0 Å². The summed E-state index contributed by atoms with van der Waals surface area (Å²) in [4.78, 5) is 26.7. The minimum Gasteiger partial charge on any atom is -0.503 e. The predicted octanol–water partition coefficient (Wildman–Crippen LogP) is 2.95. The highest BCUT2D eigenvalue weighted by atomic mass is 16.5. The van der Waals surface area contributed by atoms with E-state index in [-0.39, 0.29) is 17.3 Å². The van der Waals surface area contributed by atoms with Crippen molar-refractivity contribution in [2.75, 3.05) is 20.3 Å². The highest BCUT2D eigenvalue weighted by Crippen LogP contribution is 2.39. The first-order valence-electron chi connectivity index (χ1n) is 8.20. The Balaban J connectivity index is 2.50. The molecule has 5 heteroatoms. The van der Waals surface area contributed by atoms with Gasteiger partial charge in [0.15, 0.2) is 11.5 Å². The number of carbonyl (C=O) groups is 2. The number of hydrogen-bond acceptors (Lipinski definition) is 4. The van der Waals surface area contributed by atoms with Gasteiger partial charge in [0, 0.05) is 20.1 Å². The highest BCUT2D eigenvalue weighted by molar-refractivity contribution is 6.09. The third-order valence-electron chi connectivity index (χ3n) is 4.22. The quantitative estimate of drug-likeness (QED) is 0.834. The number of hydrogen-bond donors (Lipinski definition) is 1. The Hall–Kier alpha value is -2.14. The van der Waals surface area contributed by atoms with Gasteiger partial charge >= 0.3 is 0 Å². The summed E-state index contributed by atoms with van der Waals surface area (Å²) in [5.74, 6) is -0.958. The van der Waals surface area contributed by atoms with Gasteiger partial charge in [-0.15, -0.1) is 0 Å². The lowest BCUT2D eigenvalue weighted by atomic mass is 9.90. The first-order valence-corrected chi connectivity index (χ1v) is 8.20. The Morgan fingerprint density at radius 2 is 2.00 bits per heavy atom. The maximum Gasteiger partial charge on any atom is 0.290 e. The smallest absolute Gasteiger partial charge is 0.290 e. The van der Waals surface area contributed by atoms with Gasteiger partial charge in [-0.05, 0) is 24.0 Å². The average molecular weight is 331 g/mol. The monoisotopic (exact) mass is 331 g/mol. The Bertz CT molecular complexity index is 663. The van der Waals surface area contributed by atoms with Gasteiger partial charge in [0.2, 0.25) is 0 Å². The maximum atomic E-state index is 12.7. The second-order valence-electron chi connectivity index (χ2n) is 6.53. The van der Waals surface area contributed by atoms with Gasteiger partial charge < -0.3 is 14.7 Å². The molecule has 2 rings (SSSR count). The van der Waals surface area contributed by atoms with Crippen LogP contribution in [-0.2, 0) is 14.3 Å². The number of ketones is 1. The number of aliphatic hydroxyl groups excluding tert-OH is 1. The van der Waals surface area contributed by atoms with Gasteiger partial charge in [-0.3, -0.25) is 9.59 Å². The zero-order chi connectivity index (χ0) is 17.9. The van der Waals surface area contributed by atoms with Crippen molar-refractivity contribution in [3.05, 3.63) is 46.7 Å². The molecule has 1 unspecified atom stereocenters. The number of benzene rings is 1. The molecule has 0 radical (unpaired) electrons. The molecule has 0 fully saturated rings. The van der Waals surface area contributed by atoms with E-state index in [1.165, 1.54) is 4.90 Å². The molecule has 24 heavy (non-hydrogen) atoms. The van der Waals surface area contributed by atoms with Gasteiger partial charge in [-0.1, -0.05) is 38.1 Å². The van der Waals surface area contributed by atoms with Crippen molar-refractivity contribution >= 4 is 11.7 Å². The average Bonchev–Trinajstić information content (AvgIpc) is 2.77. The molecule has 1 heterocycles. The predicted molar refractivity (Wildman–Crippen MR) is 91.6 cm³/mol. The summed E-state index contributed by atoms with van der Waals surface area (Å²) in [5, 5.41) is 10.4. The molecule has 130 valence electrons. The zero-order valence-electron chi connectivity index (χ0n) is 14.7. The summed E-state index contributed by atoms with van der Waals surface area (Å²) >= 11 is 0. The van der Waals surface area contributed by atoms with Gasteiger partial charge in [0.1, 0.15) is 0 Å². The first kappa shape index (κ1) is 18.2. The maximum absolute atomic E-state index is 12.7. The molecule has 0 spiro atoms. The van der Waals surface area contributed by atoms with E-state index in [4.69, 9.17) is 4.74 Å². The standard InChI is InChI=1S/C19H25NO4/c1-12(2)11-15(21)16-17(14-8-6-5-7-13(14)3)20(9-10-24-4)19(23)18(16)22/h5-8,12,17,22H,9-11H2,1-4H3. The van der Waals surface area contributed by atoms with Crippen LogP contribution >= 0.6 is 0 Å². The highest BCUT2D eigenvalue weighted by Gasteiger charge is 2.43. The van der Waals surface area contributed by atoms with E-state index in [9.17, 15) is 14.7 Å². The van der Waals surface area contributed by atoms with Crippen LogP contribution in [0.4, 0.5) is 0 Å². The van der Waals surface area contributed by atoms with E-state index >= 15 is 0 Å². The van der Waals surface area contributed by atoms with Crippen LogP contribution in [0, 0.1) is 12.8 Å². The fourth-order valence-electron chi connectivity index (χ4n) is 3.06. The number of ether oxygens (including phenoxy) is 1. The molecular weight excluding hydrogens is 306 g/mol. The molecule has 1 aliphatic rings. The molecule has 1 atom stereocenters. The van der Waals surface area contributed by atoms with Crippen LogP contribution in [0.25, 0.3) is 0 Å². The van der Waals surface area contributed by atoms with Gasteiger partial charge in [-0.25, -0.2) is 0 Å². The van der Waals surface area contributed by atoms with E-state index in [0.717, 1.165) is 11.1 Å². The number of carbonyl (C=O) groups excluding carboxylic acids is 2. The molecule has 1 aliphatic heterocycles. The van der Waals surface area contributed by atoms with Crippen molar-refractivity contribution in [1.82, 2.24) is 4.90 Å². The summed E-state index contributed by atoms with van der Waals surface area (Å²) < 4.78 is 5.08. The van der Waals surface area contributed by atoms with E-state index in [2.05, 4.69) is 0 Å². The lowest BCUT2D eigenvalue weighted by molar-refractivity contribution is -0.130. The summed E-state index contributed by atoms with van der Waals surface area (Å²) in [6.45, 7) is 6.48. The Kier molecular flexibility index (Phi) is 5.78. The molecule has 1 amide bonds. The number of methoxy groups -OCH3 is 1. The van der Waals surface area contributed by atoms with Crippen molar-refractivity contribution in [1.29, 1.82) is 0 Å². The van der Waals surface area contributed by atoms with E-state index in [1.54, 1.807) is 7.11 Å². The molecule has 0 aliphatic carbocycles. The van der Waals surface area contributed by atoms with Gasteiger partial charge in [0.25, 0.3) is 5.91 Å². The molecular formula is C19H25NO4. The summed E-state index contributed by atoms with van der Waals surface area (Å²) in [7, 11) is 1.56. The lowest BCUT2D eigenvalue weighted by Gasteiger charge is -2.28. The van der Waals surface area contributed by atoms with Crippen LogP contribution < -0.4 is 0 Å².